The van der Waals surface area contributed by atoms with Crippen LogP contribution in [0, 0.1) is 0 Å². The van der Waals surface area contributed by atoms with E-state index in [0.717, 1.165) is 19.6 Å². The highest BCUT2D eigenvalue weighted by molar-refractivity contribution is 5.17. The molecule has 0 aromatic heterocycles. The van der Waals surface area contributed by atoms with Crippen molar-refractivity contribution in [2.75, 3.05) is 19.8 Å². The topological polar surface area (TPSA) is 21.8 Å². The van der Waals surface area contributed by atoms with Gasteiger partial charge in [0.2, 0.25) is 0 Å². The van der Waals surface area contributed by atoms with E-state index in [1.165, 1.54) is 5.56 Å². The zero-order chi connectivity index (χ0) is 10.3. The van der Waals surface area contributed by atoms with Crippen molar-refractivity contribution in [2.45, 2.75) is 12.5 Å². The summed E-state index contributed by atoms with van der Waals surface area (Å²) >= 11 is 0. The number of allylic oxidation sites excluding steroid dienone is 1. The van der Waals surface area contributed by atoms with E-state index < -0.39 is 0 Å². The maximum absolute atomic E-state index is 5.38. The van der Waals surface area contributed by atoms with Gasteiger partial charge >= 0.3 is 0 Å². The van der Waals surface area contributed by atoms with Gasteiger partial charge in [-0.05, 0) is 12.0 Å². The van der Waals surface area contributed by atoms with Gasteiger partial charge in [0.1, 0.15) is 6.10 Å². The largest absolute Gasteiger partial charge is 0.375 e. The van der Waals surface area contributed by atoms with Crippen LogP contribution in [0.25, 0.3) is 0 Å². The molecule has 0 aliphatic carbocycles. The number of ether oxygens (including phenoxy) is 2. The molecule has 1 fully saturated rings. The van der Waals surface area contributed by atoms with Crippen molar-refractivity contribution < 1.29 is 9.47 Å². The standard InChI is InChI=1S/C13H16O2/c1-2-6-12(7-3-1)8-4-5-9-14-10-13-11-15-13/h1-7,13H,8-11H2. The van der Waals surface area contributed by atoms with E-state index in [1.54, 1.807) is 0 Å². The third-order valence-electron chi connectivity index (χ3n) is 2.28. The van der Waals surface area contributed by atoms with Crippen molar-refractivity contribution in [3.05, 3.63) is 48.0 Å². The average Bonchev–Trinajstić information content (AvgIpc) is 3.09. The van der Waals surface area contributed by atoms with E-state index in [9.17, 15) is 0 Å². The molecule has 0 radical (unpaired) electrons. The van der Waals surface area contributed by atoms with Gasteiger partial charge in [0.25, 0.3) is 0 Å². The summed E-state index contributed by atoms with van der Waals surface area (Å²) in [7, 11) is 0. The highest BCUT2D eigenvalue weighted by atomic mass is 16.6. The lowest BCUT2D eigenvalue weighted by Crippen LogP contribution is -2.00. The Balaban J connectivity index is 1.58. The Labute approximate surface area is 90.5 Å². The summed E-state index contributed by atoms with van der Waals surface area (Å²) in [6.07, 6.45) is 5.55. The number of rotatable bonds is 6. The summed E-state index contributed by atoms with van der Waals surface area (Å²) in [5.41, 5.74) is 1.33. The molecule has 0 bridgehead atoms. The lowest BCUT2D eigenvalue weighted by Gasteiger charge is -1.96. The van der Waals surface area contributed by atoms with Gasteiger partial charge in [-0.2, -0.15) is 0 Å². The molecule has 1 aliphatic heterocycles. The molecule has 0 N–H and O–H groups in total. The number of hydrogen-bond donors (Lipinski definition) is 0. The Kier molecular flexibility index (Phi) is 3.94. The molecule has 2 heteroatoms. The van der Waals surface area contributed by atoms with Crippen LogP contribution in [0.5, 0.6) is 0 Å². The Morgan fingerprint density at radius 3 is 2.80 bits per heavy atom. The molecular formula is C13H16O2. The van der Waals surface area contributed by atoms with Crippen LogP contribution in [0.3, 0.4) is 0 Å². The van der Waals surface area contributed by atoms with Crippen LogP contribution in [0.1, 0.15) is 5.56 Å². The Morgan fingerprint density at radius 1 is 1.27 bits per heavy atom. The third-order valence-corrected chi connectivity index (χ3v) is 2.28. The fraction of sp³-hybridized carbons (Fsp3) is 0.385. The second-order valence-electron chi connectivity index (χ2n) is 3.65. The van der Waals surface area contributed by atoms with Crippen LogP contribution < -0.4 is 0 Å². The van der Waals surface area contributed by atoms with Crippen molar-refractivity contribution in [3.8, 4) is 0 Å². The van der Waals surface area contributed by atoms with Gasteiger partial charge in [0.15, 0.2) is 0 Å². The van der Waals surface area contributed by atoms with Crippen molar-refractivity contribution >= 4 is 0 Å². The fourth-order valence-corrected chi connectivity index (χ4v) is 1.33. The molecule has 1 heterocycles. The van der Waals surface area contributed by atoms with E-state index in [-0.39, 0.29) is 0 Å². The van der Waals surface area contributed by atoms with Crippen molar-refractivity contribution in [1.29, 1.82) is 0 Å². The second kappa shape index (κ2) is 5.69. The minimum atomic E-state index is 0.368. The van der Waals surface area contributed by atoms with Gasteiger partial charge < -0.3 is 9.47 Å². The monoisotopic (exact) mass is 204 g/mol. The molecule has 2 rings (SSSR count). The van der Waals surface area contributed by atoms with Crippen LogP contribution in [-0.2, 0) is 15.9 Å². The Hall–Kier alpha value is -1.12. The highest BCUT2D eigenvalue weighted by Crippen LogP contribution is 2.08. The van der Waals surface area contributed by atoms with Crippen LogP contribution >= 0.6 is 0 Å². The van der Waals surface area contributed by atoms with Gasteiger partial charge in [-0.3, -0.25) is 0 Å². The highest BCUT2D eigenvalue weighted by Gasteiger charge is 2.21. The van der Waals surface area contributed by atoms with Gasteiger partial charge in [-0.15, -0.1) is 0 Å². The lowest BCUT2D eigenvalue weighted by molar-refractivity contribution is 0.141. The zero-order valence-corrected chi connectivity index (χ0v) is 8.76. The van der Waals surface area contributed by atoms with E-state index in [0.29, 0.717) is 12.7 Å². The Morgan fingerprint density at radius 2 is 2.07 bits per heavy atom. The smallest absolute Gasteiger partial charge is 0.104 e. The minimum Gasteiger partial charge on any atom is -0.375 e. The normalized spacial score (nSPS) is 19.6. The third kappa shape index (κ3) is 4.28. The molecule has 80 valence electrons. The molecular weight excluding hydrogens is 188 g/mol. The summed E-state index contributed by atoms with van der Waals surface area (Å²) in [5, 5.41) is 0. The van der Waals surface area contributed by atoms with Crippen molar-refractivity contribution in [2.24, 2.45) is 0 Å². The Bertz CT molecular complexity index is 302. The molecule has 1 atom stereocenters. The van der Waals surface area contributed by atoms with Crippen molar-refractivity contribution in [3.63, 3.8) is 0 Å². The number of epoxide rings is 1. The fourth-order valence-electron chi connectivity index (χ4n) is 1.33. The zero-order valence-electron chi connectivity index (χ0n) is 8.76. The maximum atomic E-state index is 5.38. The maximum Gasteiger partial charge on any atom is 0.104 e. The molecule has 2 nitrogen and oxygen atoms in total. The van der Waals surface area contributed by atoms with Gasteiger partial charge in [-0.25, -0.2) is 0 Å². The molecule has 15 heavy (non-hydrogen) atoms. The quantitative estimate of drug-likeness (QED) is 0.402. The summed E-state index contributed by atoms with van der Waals surface area (Å²) < 4.78 is 10.4. The first-order valence-corrected chi connectivity index (χ1v) is 5.33. The number of benzene rings is 1. The van der Waals surface area contributed by atoms with E-state index >= 15 is 0 Å². The van der Waals surface area contributed by atoms with E-state index in [1.807, 2.05) is 6.07 Å². The summed E-state index contributed by atoms with van der Waals surface area (Å²) in [4.78, 5) is 0. The molecule has 1 aromatic carbocycles. The van der Waals surface area contributed by atoms with E-state index in [2.05, 4.69) is 36.4 Å². The first-order chi connectivity index (χ1) is 7.45. The van der Waals surface area contributed by atoms with Crippen LogP contribution in [0.15, 0.2) is 42.5 Å². The predicted octanol–water partition coefficient (Wildman–Crippen LogP) is 2.20. The second-order valence-corrected chi connectivity index (χ2v) is 3.65. The van der Waals surface area contributed by atoms with Crippen LogP contribution in [0.2, 0.25) is 0 Å². The molecule has 0 amide bonds. The van der Waals surface area contributed by atoms with Gasteiger partial charge in [0, 0.05) is 0 Å². The van der Waals surface area contributed by atoms with Crippen LogP contribution in [0.4, 0.5) is 0 Å². The molecule has 1 aromatic rings. The van der Waals surface area contributed by atoms with Gasteiger partial charge in [-0.1, -0.05) is 42.5 Å². The summed E-state index contributed by atoms with van der Waals surface area (Å²) in [6.45, 7) is 2.29. The SMILES string of the molecule is C(=CCc1ccccc1)COCC1CO1. The lowest BCUT2D eigenvalue weighted by atomic mass is 10.1. The first kappa shape index (κ1) is 10.4. The molecule has 1 aliphatic rings. The molecule has 1 saturated heterocycles. The molecule has 0 spiro atoms. The first-order valence-electron chi connectivity index (χ1n) is 5.33. The molecule has 1 unspecified atom stereocenters. The predicted molar refractivity (Wildman–Crippen MR) is 59.8 cm³/mol. The minimum absolute atomic E-state index is 0.368. The van der Waals surface area contributed by atoms with Crippen LogP contribution in [-0.4, -0.2) is 25.9 Å². The van der Waals surface area contributed by atoms with Crippen molar-refractivity contribution in [1.82, 2.24) is 0 Å². The average molecular weight is 204 g/mol. The van der Waals surface area contributed by atoms with Gasteiger partial charge in [0.05, 0.1) is 19.8 Å². The molecule has 0 saturated carbocycles. The van der Waals surface area contributed by atoms with E-state index in [4.69, 9.17) is 9.47 Å². The summed E-state index contributed by atoms with van der Waals surface area (Å²) in [6, 6.07) is 10.4. The summed E-state index contributed by atoms with van der Waals surface area (Å²) in [5.74, 6) is 0. The number of hydrogen-bond acceptors (Lipinski definition) is 2.